The Labute approximate surface area is 120 Å². The number of nitrogens with zero attached hydrogens (tertiary/aromatic N) is 1. The predicted molar refractivity (Wildman–Crippen MR) is 76.8 cm³/mol. The van der Waals surface area contributed by atoms with Crippen LogP contribution in [0.4, 0.5) is 5.69 Å². The van der Waals surface area contributed by atoms with Gasteiger partial charge in [-0.25, -0.2) is 0 Å². The highest BCUT2D eigenvalue weighted by Crippen LogP contribution is 2.41. The van der Waals surface area contributed by atoms with E-state index in [1.807, 2.05) is 30.3 Å². The van der Waals surface area contributed by atoms with Crippen LogP contribution in [-0.2, 0) is 0 Å². The third kappa shape index (κ3) is 3.03. The summed E-state index contributed by atoms with van der Waals surface area (Å²) in [6.45, 7) is 0. The number of nitro groups is 1. The molecular weight excluding hydrogens is 278 g/mol. The molecule has 0 fully saturated rings. The summed E-state index contributed by atoms with van der Waals surface area (Å²) in [4.78, 5) is 12.2. The van der Waals surface area contributed by atoms with Gasteiger partial charge in [-0.2, -0.15) is 0 Å². The van der Waals surface area contributed by atoms with Crippen molar-refractivity contribution in [2.75, 3.05) is 14.2 Å². The van der Waals surface area contributed by atoms with Crippen LogP contribution < -0.4 is 9.47 Å². The fraction of sp³-hybridized carbons (Fsp3) is 0.143. The molecule has 0 aliphatic rings. The first-order chi connectivity index (χ1) is 9.65. The van der Waals surface area contributed by atoms with Gasteiger partial charge in [0.25, 0.3) is 5.69 Å². The number of ether oxygens (including phenoxy) is 2. The second-order valence-corrected chi connectivity index (χ2v) is 4.96. The van der Waals surface area contributed by atoms with E-state index in [0.717, 1.165) is 4.90 Å². The molecule has 0 aromatic heterocycles. The van der Waals surface area contributed by atoms with Crippen molar-refractivity contribution < 1.29 is 14.4 Å². The number of benzene rings is 2. The quantitative estimate of drug-likeness (QED) is 0.620. The Kier molecular flexibility index (Phi) is 4.47. The Morgan fingerprint density at radius 2 is 1.65 bits per heavy atom. The van der Waals surface area contributed by atoms with Gasteiger partial charge in [0.2, 0.25) is 0 Å². The Morgan fingerprint density at radius 3 is 2.20 bits per heavy atom. The first-order valence-corrected chi connectivity index (χ1v) is 6.60. The monoisotopic (exact) mass is 291 g/mol. The molecule has 5 nitrogen and oxygen atoms in total. The molecule has 6 heteroatoms. The first kappa shape index (κ1) is 14.2. The lowest BCUT2D eigenvalue weighted by molar-refractivity contribution is -0.387. The van der Waals surface area contributed by atoms with Crippen LogP contribution in [0.2, 0.25) is 0 Å². The second-order valence-electron chi connectivity index (χ2n) is 3.85. The van der Waals surface area contributed by atoms with Crippen LogP contribution in [0.15, 0.2) is 52.3 Å². The van der Waals surface area contributed by atoms with Crippen molar-refractivity contribution in [1.29, 1.82) is 0 Å². The first-order valence-electron chi connectivity index (χ1n) is 5.79. The standard InChI is InChI=1S/C14H13NO4S/c1-18-12-8-11(15(16)17)14(9-13(12)19-2)20-10-6-4-3-5-7-10/h3-9H,1-2H3. The lowest BCUT2D eigenvalue weighted by Crippen LogP contribution is -1.96. The average Bonchev–Trinajstić information content (AvgIpc) is 2.47. The maximum atomic E-state index is 11.2. The van der Waals surface area contributed by atoms with Crippen LogP contribution >= 0.6 is 11.8 Å². The molecule has 0 unspecified atom stereocenters. The van der Waals surface area contributed by atoms with E-state index >= 15 is 0 Å². The lowest BCUT2D eigenvalue weighted by Gasteiger charge is -2.10. The largest absolute Gasteiger partial charge is 0.493 e. The van der Waals surface area contributed by atoms with Gasteiger partial charge in [-0.3, -0.25) is 10.1 Å². The van der Waals surface area contributed by atoms with E-state index < -0.39 is 4.92 Å². The molecule has 2 rings (SSSR count). The molecule has 0 saturated carbocycles. The molecule has 0 aliphatic heterocycles. The molecule has 0 amide bonds. The molecule has 0 atom stereocenters. The molecule has 0 heterocycles. The average molecular weight is 291 g/mol. The van der Waals surface area contributed by atoms with Gasteiger partial charge in [0.15, 0.2) is 11.5 Å². The topological polar surface area (TPSA) is 61.6 Å². The molecule has 0 aliphatic carbocycles. The van der Waals surface area contributed by atoms with Gasteiger partial charge >= 0.3 is 0 Å². The highest BCUT2D eigenvalue weighted by molar-refractivity contribution is 7.99. The van der Waals surface area contributed by atoms with Crippen LogP contribution in [0, 0.1) is 10.1 Å². The molecular formula is C14H13NO4S. The van der Waals surface area contributed by atoms with E-state index in [9.17, 15) is 10.1 Å². The minimum absolute atomic E-state index is 0.00324. The van der Waals surface area contributed by atoms with Crippen molar-refractivity contribution in [2.24, 2.45) is 0 Å². The summed E-state index contributed by atoms with van der Waals surface area (Å²) < 4.78 is 10.3. The SMILES string of the molecule is COc1cc(Sc2ccccc2)c([N+](=O)[O-])cc1OC. The number of hydrogen-bond acceptors (Lipinski definition) is 5. The maximum absolute atomic E-state index is 11.2. The normalized spacial score (nSPS) is 10.1. The summed E-state index contributed by atoms with van der Waals surface area (Å²) in [6.07, 6.45) is 0. The van der Waals surface area contributed by atoms with E-state index in [4.69, 9.17) is 9.47 Å². The smallest absolute Gasteiger partial charge is 0.287 e. The molecule has 0 N–H and O–H groups in total. The molecule has 0 bridgehead atoms. The van der Waals surface area contributed by atoms with E-state index in [-0.39, 0.29) is 5.69 Å². The van der Waals surface area contributed by atoms with Crippen molar-refractivity contribution in [1.82, 2.24) is 0 Å². The number of methoxy groups -OCH3 is 2. The van der Waals surface area contributed by atoms with Crippen molar-refractivity contribution in [2.45, 2.75) is 9.79 Å². The zero-order chi connectivity index (χ0) is 14.5. The molecule has 0 radical (unpaired) electrons. The fourth-order valence-electron chi connectivity index (χ4n) is 1.69. The van der Waals surface area contributed by atoms with Gasteiger partial charge in [-0.15, -0.1) is 0 Å². The summed E-state index contributed by atoms with van der Waals surface area (Å²) in [7, 11) is 2.95. The molecule has 2 aromatic carbocycles. The number of rotatable bonds is 5. The summed E-state index contributed by atoms with van der Waals surface area (Å²) >= 11 is 1.31. The van der Waals surface area contributed by atoms with Crippen LogP contribution in [0.1, 0.15) is 0 Å². The predicted octanol–water partition coefficient (Wildman–Crippen LogP) is 3.76. The summed E-state index contributed by atoms with van der Waals surface area (Å²) in [5, 5.41) is 11.2. The van der Waals surface area contributed by atoms with Crippen molar-refractivity contribution >= 4 is 17.4 Å². The molecule has 104 valence electrons. The minimum atomic E-state index is -0.423. The Hall–Kier alpha value is -2.21. The molecule has 0 spiro atoms. The van der Waals surface area contributed by atoms with Crippen molar-refractivity contribution in [3.63, 3.8) is 0 Å². The Morgan fingerprint density at radius 1 is 1.05 bits per heavy atom. The van der Waals surface area contributed by atoms with E-state index in [2.05, 4.69) is 0 Å². The van der Waals surface area contributed by atoms with E-state index in [0.29, 0.717) is 16.4 Å². The highest BCUT2D eigenvalue weighted by Gasteiger charge is 2.20. The third-order valence-electron chi connectivity index (χ3n) is 2.63. The zero-order valence-electron chi connectivity index (χ0n) is 11.0. The van der Waals surface area contributed by atoms with Crippen molar-refractivity contribution in [3.8, 4) is 11.5 Å². The Balaban J connectivity index is 2.47. The minimum Gasteiger partial charge on any atom is -0.493 e. The summed E-state index contributed by atoms with van der Waals surface area (Å²) in [5.41, 5.74) is -0.00324. The number of hydrogen-bond donors (Lipinski definition) is 0. The van der Waals surface area contributed by atoms with Gasteiger partial charge in [0.05, 0.1) is 30.1 Å². The number of nitro benzene ring substituents is 1. The van der Waals surface area contributed by atoms with Gasteiger partial charge in [-0.1, -0.05) is 30.0 Å². The van der Waals surface area contributed by atoms with Gasteiger partial charge in [0, 0.05) is 11.0 Å². The summed E-state index contributed by atoms with van der Waals surface area (Å²) in [5.74, 6) is 0.813. The zero-order valence-corrected chi connectivity index (χ0v) is 11.8. The highest BCUT2D eigenvalue weighted by atomic mass is 32.2. The van der Waals surface area contributed by atoms with Crippen LogP contribution in [0.25, 0.3) is 0 Å². The maximum Gasteiger partial charge on any atom is 0.287 e. The fourth-order valence-corrected chi connectivity index (χ4v) is 2.64. The molecule has 0 saturated heterocycles. The molecule has 2 aromatic rings. The molecule has 20 heavy (non-hydrogen) atoms. The summed E-state index contributed by atoms with van der Waals surface area (Å²) in [6, 6.07) is 12.5. The van der Waals surface area contributed by atoms with Gasteiger partial charge in [-0.05, 0) is 12.1 Å². The van der Waals surface area contributed by atoms with Crippen molar-refractivity contribution in [3.05, 3.63) is 52.6 Å². The third-order valence-corrected chi connectivity index (χ3v) is 3.69. The lowest BCUT2D eigenvalue weighted by atomic mass is 10.3. The second kappa shape index (κ2) is 6.29. The van der Waals surface area contributed by atoms with Crippen LogP contribution in [0.5, 0.6) is 11.5 Å². The van der Waals surface area contributed by atoms with Crippen LogP contribution in [-0.4, -0.2) is 19.1 Å². The van der Waals surface area contributed by atoms with Crippen LogP contribution in [0.3, 0.4) is 0 Å². The van der Waals surface area contributed by atoms with Gasteiger partial charge in [0.1, 0.15) is 0 Å². The van der Waals surface area contributed by atoms with Gasteiger partial charge < -0.3 is 9.47 Å². The van der Waals surface area contributed by atoms with E-state index in [1.54, 1.807) is 6.07 Å². The van der Waals surface area contributed by atoms with E-state index in [1.165, 1.54) is 32.0 Å². The Bertz CT molecular complexity index is 616.